The average molecular weight is 260 g/mol. The monoisotopic (exact) mass is 260 g/mol. The zero-order valence-electron chi connectivity index (χ0n) is 11.0. The van der Waals surface area contributed by atoms with Gasteiger partial charge in [-0.2, -0.15) is 0 Å². The lowest BCUT2D eigenvalue weighted by molar-refractivity contribution is -0.141. The molecule has 1 atom stereocenters. The summed E-state index contributed by atoms with van der Waals surface area (Å²) in [5, 5.41) is 0. The van der Waals surface area contributed by atoms with E-state index in [9.17, 15) is 4.79 Å². The van der Waals surface area contributed by atoms with E-state index in [0.29, 0.717) is 26.2 Å². The van der Waals surface area contributed by atoms with Gasteiger partial charge in [-0.1, -0.05) is 30.3 Å². The third kappa shape index (κ3) is 2.26. The Labute approximate surface area is 113 Å². The Morgan fingerprint density at radius 3 is 2.74 bits per heavy atom. The molecule has 4 heteroatoms. The molecule has 0 bridgehead atoms. The molecule has 1 heterocycles. The van der Waals surface area contributed by atoms with E-state index in [2.05, 4.69) is 12.1 Å². The first-order valence-corrected chi connectivity index (χ1v) is 6.93. The number of carbonyl (C=O) groups excluding carboxylic acids is 1. The minimum atomic E-state index is -0.266. The van der Waals surface area contributed by atoms with Crippen LogP contribution in [0.15, 0.2) is 30.3 Å². The third-order valence-electron chi connectivity index (χ3n) is 4.17. The summed E-state index contributed by atoms with van der Waals surface area (Å²) < 4.78 is 5.53. The smallest absolute Gasteiger partial charge is 0.233 e. The van der Waals surface area contributed by atoms with Gasteiger partial charge in [-0.05, 0) is 18.4 Å². The van der Waals surface area contributed by atoms with Crippen LogP contribution >= 0.6 is 0 Å². The zero-order chi connectivity index (χ0) is 13.3. The van der Waals surface area contributed by atoms with Gasteiger partial charge in [0.1, 0.15) is 0 Å². The summed E-state index contributed by atoms with van der Waals surface area (Å²) in [5.41, 5.74) is 6.52. The van der Waals surface area contributed by atoms with Crippen molar-refractivity contribution in [2.75, 3.05) is 26.2 Å². The molecule has 102 valence electrons. The molecule has 1 saturated carbocycles. The molecule has 0 aromatic heterocycles. The topological polar surface area (TPSA) is 55.6 Å². The molecule has 2 N–H and O–H groups in total. The van der Waals surface area contributed by atoms with Gasteiger partial charge >= 0.3 is 0 Å². The number of nitrogens with two attached hydrogens (primary N) is 1. The number of hydrogen-bond acceptors (Lipinski definition) is 3. The molecule has 0 spiro atoms. The van der Waals surface area contributed by atoms with Gasteiger partial charge in [0, 0.05) is 19.6 Å². The molecular formula is C15H20N2O2. The van der Waals surface area contributed by atoms with Crippen LogP contribution in [0.2, 0.25) is 0 Å². The summed E-state index contributed by atoms with van der Waals surface area (Å²) >= 11 is 0. The minimum absolute atomic E-state index is 0.00993. The predicted octanol–water partition coefficient (Wildman–Crippen LogP) is 0.904. The van der Waals surface area contributed by atoms with E-state index in [1.807, 2.05) is 23.1 Å². The highest BCUT2D eigenvalue weighted by Gasteiger charge is 2.53. The summed E-state index contributed by atoms with van der Waals surface area (Å²) in [7, 11) is 0. The molecule has 1 unspecified atom stereocenters. The van der Waals surface area contributed by atoms with Gasteiger partial charge in [0.2, 0.25) is 5.91 Å². The number of nitrogens with zero attached hydrogens (tertiary/aromatic N) is 1. The fraction of sp³-hybridized carbons (Fsp3) is 0.533. The van der Waals surface area contributed by atoms with Gasteiger partial charge in [-0.3, -0.25) is 4.79 Å². The molecule has 1 aromatic carbocycles. The summed E-state index contributed by atoms with van der Waals surface area (Å²) in [6.07, 6.45) is 1.91. The van der Waals surface area contributed by atoms with Gasteiger partial charge in [-0.25, -0.2) is 0 Å². The number of rotatable bonds is 3. The van der Waals surface area contributed by atoms with Gasteiger partial charge in [-0.15, -0.1) is 0 Å². The largest absolute Gasteiger partial charge is 0.373 e. The van der Waals surface area contributed by atoms with Crippen LogP contribution in [0.4, 0.5) is 0 Å². The Hall–Kier alpha value is -1.39. The highest BCUT2D eigenvalue weighted by molar-refractivity contribution is 5.91. The molecule has 3 rings (SSSR count). The van der Waals surface area contributed by atoms with Crippen molar-refractivity contribution in [1.82, 2.24) is 4.90 Å². The Morgan fingerprint density at radius 2 is 2.11 bits per heavy atom. The van der Waals surface area contributed by atoms with Gasteiger partial charge in [0.15, 0.2) is 0 Å². The second kappa shape index (κ2) is 4.94. The maximum atomic E-state index is 12.8. The molecule has 1 aliphatic heterocycles. The van der Waals surface area contributed by atoms with Crippen molar-refractivity contribution in [2.45, 2.75) is 24.4 Å². The highest BCUT2D eigenvalue weighted by atomic mass is 16.5. The van der Waals surface area contributed by atoms with Crippen molar-refractivity contribution in [1.29, 1.82) is 0 Å². The predicted molar refractivity (Wildman–Crippen MR) is 72.7 cm³/mol. The molecule has 1 aliphatic carbocycles. The van der Waals surface area contributed by atoms with Crippen molar-refractivity contribution in [3.8, 4) is 0 Å². The van der Waals surface area contributed by atoms with Crippen LogP contribution in [-0.2, 0) is 14.9 Å². The fourth-order valence-corrected chi connectivity index (χ4v) is 2.86. The summed E-state index contributed by atoms with van der Waals surface area (Å²) in [5.74, 6) is 0.250. The molecule has 4 nitrogen and oxygen atoms in total. The van der Waals surface area contributed by atoms with E-state index in [0.717, 1.165) is 18.4 Å². The van der Waals surface area contributed by atoms with Crippen molar-refractivity contribution in [3.63, 3.8) is 0 Å². The van der Waals surface area contributed by atoms with E-state index in [1.54, 1.807) is 0 Å². The van der Waals surface area contributed by atoms with Gasteiger partial charge in [0.05, 0.1) is 18.1 Å². The van der Waals surface area contributed by atoms with Gasteiger partial charge in [0.25, 0.3) is 0 Å². The highest BCUT2D eigenvalue weighted by Crippen LogP contribution is 2.49. The van der Waals surface area contributed by atoms with Crippen LogP contribution < -0.4 is 5.73 Å². The molecule has 2 fully saturated rings. The van der Waals surface area contributed by atoms with Gasteiger partial charge < -0.3 is 15.4 Å². The summed E-state index contributed by atoms with van der Waals surface area (Å²) in [6.45, 7) is 2.38. The Balaban J connectivity index is 1.77. The third-order valence-corrected chi connectivity index (χ3v) is 4.17. The fourth-order valence-electron chi connectivity index (χ4n) is 2.86. The quantitative estimate of drug-likeness (QED) is 0.878. The molecular weight excluding hydrogens is 240 g/mol. The maximum Gasteiger partial charge on any atom is 0.233 e. The lowest BCUT2D eigenvalue weighted by Gasteiger charge is -2.35. The molecule has 1 aromatic rings. The summed E-state index contributed by atoms with van der Waals surface area (Å²) in [4.78, 5) is 14.7. The van der Waals surface area contributed by atoms with E-state index in [4.69, 9.17) is 10.5 Å². The second-order valence-electron chi connectivity index (χ2n) is 5.43. The van der Waals surface area contributed by atoms with Crippen LogP contribution in [-0.4, -0.2) is 43.2 Å². The number of hydrogen-bond donors (Lipinski definition) is 1. The standard InChI is InChI=1S/C15H20N2O2/c16-10-13-11-17(8-9-19-13)14(18)15(6-7-15)12-4-2-1-3-5-12/h1-5,13H,6-11,16H2. The Morgan fingerprint density at radius 1 is 1.37 bits per heavy atom. The normalized spacial score (nSPS) is 25.1. The van der Waals surface area contributed by atoms with Crippen molar-refractivity contribution in [2.24, 2.45) is 5.73 Å². The molecule has 0 radical (unpaired) electrons. The van der Waals surface area contributed by atoms with Crippen LogP contribution in [0.5, 0.6) is 0 Å². The first-order chi connectivity index (χ1) is 9.26. The van der Waals surface area contributed by atoms with Crippen LogP contribution in [0.3, 0.4) is 0 Å². The molecule has 1 saturated heterocycles. The van der Waals surface area contributed by atoms with E-state index >= 15 is 0 Å². The van der Waals surface area contributed by atoms with Crippen LogP contribution in [0.25, 0.3) is 0 Å². The van der Waals surface area contributed by atoms with Crippen LogP contribution in [0.1, 0.15) is 18.4 Å². The lowest BCUT2D eigenvalue weighted by Crippen LogP contribution is -2.51. The van der Waals surface area contributed by atoms with Crippen molar-refractivity contribution < 1.29 is 9.53 Å². The van der Waals surface area contributed by atoms with Crippen molar-refractivity contribution >= 4 is 5.91 Å². The minimum Gasteiger partial charge on any atom is -0.373 e. The second-order valence-corrected chi connectivity index (χ2v) is 5.43. The van der Waals surface area contributed by atoms with Crippen LogP contribution in [0, 0.1) is 0 Å². The zero-order valence-corrected chi connectivity index (χ0v) is 11.0. The Kier molecular flexibility index (Phi) is 3.29. The first kappa shape index (κ1) is 12.6. The molecule has 1 amide bonds. The first-order valence-electron chi connectivity index (χ1n) is 6.93. The number of ether oxygens (including phenoxy) is 1. The number of morpholine rings is 1. The SMILES string of the molecule is NCC1CN(C(=O)C2(c3ccccc3)CC2)CCO1. The van der Waals surface area contributed by atoms with E-state index in [1.165, 1.54) is 0 Å². The lowest BCUT2D eigenvalue weighted by atomic mass is 9.94. The van der Waals surface area contributed by atoms with E-state index in [-0.39, 0.29) is 17.4 Å². The number of carbonyl (C=O) groups is 1. The average Bonchev–Trinajstić information content (AvgIpc) is 3.29. The Bertz CT molecular complexity index is 456. The molecule has 2 aliphatic rings. The molecule has 19 heavy (non-hydrogen) atoms. The number of benzene rings is 1. The van der Waals surface area contributed by atoms with Crippen molar-refractivity contribution in [3.05, 3.63) is 35.9 Å². The summed E-state index contributed by atoms with van der Waals surface area (Å²) in [6, 6.07) is 10.1. The number of amides is 1. The maximum absolute atomic E-state index is 12.8. The van der Waals surface area contributed by atoms with E-state index < -0.39 is 0 Å².